The largest absolute Gasteiger partial charge is 0.318 e. The quantitative estimate of drug-likeness (QED) is 0.903. The molecule has 1 aliphatic carbocycles. The second kappa shape index (κ2) is 4.44. The van der Waals surface area contributed by atoms with Crippen LogP contribution in [0.3, 0.4) is 0 Å². The first-order chi connectivity index (χ1) is 8.65. The molecule has 1 aliphatic rings. The van der Waals surface area contributed by atoms with Crippen molar-refractivity contribution >= 4 is 11.3 Å². The zero-order valence-corrected chi connectivity index (χ0v) is 11.1. The molecule has 2 N–H and O–H groups in total. The topological polar surface area (TPSA) is 38.9 Å². The summed E-state index contributed by atoms with van der Waals surface area (Å²) in [6, 6.07) is 4.52. The summed E-state index contributed by atoms with van der Waals surface area (Å²) in [5, 5.41) is 0.953. The number of nitrogens with two attached hydrogens (primary N) is 1. The van der Waals surface area contributed by atoms with Gasteiger partial charge in [-0.15, -0.1) is 11.3 Å². The fourth-order valence-corrected chi connectivity index (χ4v) is 3.64. The number of rotatable bonds is 2. The van der Waals surface area contributed by atoms with Gasteiger partial charge in [-0.2, -0.15) is 0 Å². The highest BCUT2D eigenvalue weighted by Crippen LogP contribution is 2.33. The van der Waals surface area contributed by atoms with E-state index in [1.165, 1.54) is 29.1 Å². The fourth-order valence-electron chi connectivity index (χ4n) is 2.46. The van der Waals surface area contributed by atoms with Crippen LogP contribution < -0.4 is 5.73 Å². The van der Waals surface area contributed by atoms with Gasteiger partial charge in [-0.1, -0.05) is 6.07 Å². The molecule has 1 unspecified atom stereocenters. The number of fused-ring (bicyclic) bond motifs is 1. The molecule has 2 nitrogen and oxygen atoms in total. The van der Waals surface area contributed by atoms with Crippen molar-refractivity contribution in [3.8, 4) is 0 Å². The smallest absolute Gasteiger partial charge is 0.123 e. The van der Waals surface area contributed by atoms with Crippen LogP contribution in [0.15, 0.2) is 18.2 Å². The van der Waals surface area contributed by atoms with Crippen molar-refractivity contribution in [1.29, 1.82) is 0 Å². The average molecular weight is 262 g/mol. The molecule has 1 aromatic heterocycles. The van der Waals surface area contributed by atoms with Crippen LogP contribution in [0.25, 0.3) is 0 Å². The molecule has 18 heavy (non-hydrogen) atoms. The third-order valence-electron chi connectivity index (χ3n) is 3.45. The lowest BCUT2D eigenvalue weighted by Gasteiger charge is -2.12. The molecule has 0 bridgehead atoms. The van der Waals surface area contributed by atoms with Gasteiger partial charge >= 0.3 is 0 Å². The van der Waals surface area contributed by atoms with E-state index in [0.29, 0.717) is 0 Å². The Morgan fingerprint density at radius 2 is 2.22 bits per heavy atom. The number of hydrogen-bond donors (Lipinski definition) is 1. The zero-order chi connectivity index (χ0) is 12.7. The van der Waals surface area contributed by atoms with Crippen molar-refractivity contribution in [3.05, 3.63) is 50.7 Å². The van der Waals surface area contributed by atoms with E-state index in [1.807, 2.05) is 6.92 Å². The van der Waals surface area contributed by atoms with Gasteiger partial charge in [-0.05, 0) is 49.4 Å². The Bertz CT molecular complexity index is 570. The van der Waals surface area contributed by atoms with Gasteiger partial charge in [0.15, 0.2) is 0 Å². The monoisotopic (exact) mass is 262 g/mol. The molecule has 3 rings (SSSR count). The van der Waals surface area contributed by atoms with Crippen LogP contribution in [0.1, 0.15) is 39.2 Å². The van der Waals surface area contributed by atoms with Gasteiger partial charge in [0.2, 0.25) is 0 Å². The Balaban J connectivity index is 1.95. The van der Waals surface area contributed by atoms with Gasteiger partial charge in [0.05, 0.1) is 11.7 Å². The summed E-state index contributed by atoms with van der Waals surface area (Å²) >= 11 is 1.71. The Morgan fingerprint density at radius 3 is 2.94 bits per heavy atom. The normalized spacial score (nSPS) is 15.7. The van der Waals surface area contributed by atoms with Crippen LogP contribution in [0.2, 0.25) is 0 Å². The van der Waals surface area contributed by atoms with E-state index in [2.05, 4.69) is 4.98 Å². The molecule has 0 aliphatic heterocycles. The van der Waals surface area contributed by atoms with Crippen molar-refractivity contribution in [2.75, 3.05) is 0 Å². The molecule has 1 atom stereocenters. The predicted octanol–water partition coefficient (Wildman–Crippen LogP) is 3.13. The Hall–Kier alpha value is -1.26. The highest BCUT2D eigenvalue weighted by Gasteiger charge is 2.21. The van der Waals surface area contributed by atoms with E-state index in [4.69, 9.17) is 5.73 Å². The van der Waals surface area contributed by atoms with Crippen molar-refractivity contribution in [2.24, 2.45) is 5.73 Å². The molecular weight excluding hydrogens is 247 g/mol. The first-order valence-electron chi connectivity index (χ1n) is 6.15. The van der Waals surface area contributed by atoms with Crippen molar-refractivity contribution in [1.82, 2.24) is 4.98 Å². The second-order valence-electron chi connectivity index (χ2n) is 4.75. The van der Waals surface area contributed by atoms with Crippen LogP contribution in [-0.4, -0.2) is 4.98 Å². The van der Waals surface area contributed by atoms with E-state index in [-0.39, 0.29) is 11.9 Å². The van der Waals surface area contributed by atoms with Gasteiger partial charge in [-0.25, -0.2) is 9.37 Å². The minimum atomic E-state index is -0.235. The van der Waals surface area contributed by atoms with Crippen LogP contribution in [0, 0.1) is 12.7 Å². The maximum absolute atomic E-state index is 13.1. The third kappa shape index (κ3) is 1.95. The molecular formula is C14H15FN2S. The highest BCUT2D eigenvalue weighted by molar-refractivity contribution is 7.11. The first kappa shape index (κ1) is 11.8. The number of aromatic nitrogens is 1. The molecule has 0 spiro atoms. The Labute approximate surface area is 110 Å². The van der Waals surface area contributed by atoms with Crippen LogP contribution in [-0.2, 0) is 12.8 Å². The summed E-state index contributed by atoms with van der Waals surface area (Å²) in [5.41, 5.74) is 9.32. The summed E-state index contributed by atoms with van der Waals surface area (Å²) in [4.78, 5) is 6.01. The van der Waals surface area contributed by atoms with Crippen molar-refractivity contribution in [3.63, 3.8) is 0 Å². The van der Waals surface area contributed by atoms with Crippen LogP contribution in [0.5, 0.6) is 0 Å². The molecule has 2 aromatic rings. The lowest BCUT2D eigenvalue weighted by atomic mass is 10.0. The SMILES string of the molecule is Cc1cc(F)ccc1C(N)c1nc2c(s1)CCC2. The summed E-state index contributed by atoms with van der Waals surface area (Å²) in [6.45, 7) is 1.89. The van der Waals surface area contributed by atoms with Gasteiger partial charge < -0.3 is 5.73 Å². The highest BCUT2D eigenvalue weighted by atomic mass is 32.1. The van der Waals surface area contributed by atoms with Crippen molar-refractivity contribution in [2.45, 2.75) is 32.2 Å². The van der Waals surface area contributed by atoms with Crippen molar-refractivity contribution < 1.29 is 4.39 Å². The van der Waals surface area contributed by atoms with E-state index < -0.39 is 0 Å². The Kier molecular flexibility index (Phi) is 2.92. The molecule has 0 saturated carbocycles. The summed E-state index contributed by atoms with van der Waals surface area (Å²) < 4.78 is 13.1. The molecule has 0 amide bonds. The van der Waals surface area contributed by atoms with Gasteiger partial charge in [-0.3, -0.25) is 0 Å². The summed E-state index contributed by atoms with van der Waals surface area (Å²) in [5.74, 6) is -0.218. The van der Waals surface area contributed by atoms with Gasteiger partial charge in [0.1, 0.15) is 10.8 Å². The molecule has 0 saturated heterocycles. The minimum absolute atomic E-state index is 0.218. The molecule has 1 aromatic carbocycles. The number of aryl methyl sites for hydroxylation is 3. The van der Waals surface area contributed by atoms with Gasteiger partial charge in [0, 0.05) is 4.88 Å². The third-order valence-corrected chi connectivity index (χ3v) is 4.69. The number of thiazole rings is 1. The number of nitrogens with zero attached hydrogens (tertiary/aromatic N) is 1. The number of benzene rings is 1. The number of halogens is 1. The predicted molar refractivity (Wildman–Crippen MR) is 71.3 cm³/mol. The molecule has 0 radical (unpaired) electrons. The molecule has 1 heterocycles. The maximum atomic E-state index is 13.1. The van der Waals surface area contributed by atoms with Crippen LogP contribution in [0.4, 0.5) is 4.39 Å². The molecule has 4 heteroatoms. The summed E-state index contributed by atoms with van der Waals surface area (Å²) in [7, 11) is 0. The van der Waals surface area contributed by atoms with E-state index in [1.54, 1.807) is 17.4 Å². The van der Waals surface area contributed by atoms with E-state index in [0.717, 1.165) is 29.0 Å². The van der Waals surface area contributed by atoms with E-state index in [9.17, 15) is 4.39 Å². The molecule has 94 valence electrons. The minimum Gasteiger partial charge on any atom is -0.318 e. The lowest BCUT2D eigenvalue weighted by Crippen LogP contribution is -2.13. The summed E-state index contributed by atoms with van der Waals surface area (Å²) in [6.07, 6.45) is 3.41. The zero-order valence-electron chi connectivity index (χ0n) is 10.2. The maximum Gasteiger partial charge on any atom is 0.123 e. The Morgan fingerprint density at radius 1 is 1.39 bits per heavy atom. The lowest BCUT2D eigenvalue weighted by molar-refractivity contribution is 0.624. The average Bonchev–Trinajstić information content (AvgIpc) is 2.87. The van der Waals surface area contributed by atoms with Crippen LogP contribution >= 0.6 is 11.3 Å². The molecule has 0 fully saturated rings. The standard InChI is InChI=1S/C14H15FN2S/c1-8-7-9(15)5-6-10(8)13(16)14-17-11-3-2-4-12(11)18-14/h5-7,13H,2-4,16H2,1H3. The van der Waals surface area contributed by atoms with E-state index >= 15 is 0 Å². The fraction of sp³-hybridized carbons (Fsp3) is 0.357. The number of hydrogen-bond acceptors (Lipinski definition) is 3. The first-order valence-corrected chi connectivity index (χ1v) is 6.97. The van der Waals surface area contributed by atoms with Gasteiger partial charge in [0.25, 0.3) is 0 Å². The second-order valence-corrected chi connectivity index (χ2v) is 5.87.